The Morgan fingerprint density at radius 2 is 1.94 bits per heavy atom. The van der Waals surface area contributed by atoms with Crippen LogP contribution in [0.5, 0.6) is 11.5 Å². The first-order valence-corrected chi connectivity index (χ1v) is 6.48. The molecule has 1 aliphatic heterocycles. The van der Waals surface area contributed by atoms with Gasteiger partial charge in [0.1, 0.15) is 0 Å². The smallest absolute Gasteiger partial charge is 0.170 e. The largest absolute Gasteiger partial charge is 0.490 e. The summed E-state index contributed by atoms with van der Waals surface area (Å²) in [7, 11) is 0. The van der Waals surface area contributed by atoms with Crippen LogP contribution in [-0.2, 0) is 4.79 Å². The van der Waals surface area contributed by atoms with Crippen molar-refractivity contribution < 1.29 is 14.3 Å². The summed E-state index contributed by atoms with van der Waals surface area (Å²) >= 11 is 11.5. The SMILES string of the molecule is O=C(C=Cc1cc2c(cc1Cl)OCCCO2)CCl. The number of carbonyl (C=O) groups is 1. The zero-order valence-electron chi connectivity index (χ0n) is 9.62. The van der Waals surface area contributed by atoms with Crippen molar-refractivity contribution in [3.05, 3.63) is 28.8 Å². The molecule has 0 aliphatic carbocycles. The number of fused-ring (bicyclic) bond motifs is 1. The fraction of sp³-hybridized carbons (Fsp3) is 0.308. The van der Waals surface area contributed by atoms with Crippen molar-refractivity contribution >= 4 is 35.1 Å². The van der Waals surface area contributed by atoms with Crippen molar-refractivity contribution in [2.24, 2.45) is 0 Å². The van der Waals surface area contributed by atoms with Gasteiger partial charge in [0.2, 0.25) is 0 Å². The summed E-state index contributed by atoms with van der Waals surface area (Å²) in [4.78, 5) is 11.1. The highest BCUT2D eigenvalue weighted by Crippen LogP contribution is 2.35. The summed E-state index contributed by atoms with van der Waals surface area (Å²) in [5.41, 5.74) is 0.708. The maximum absolute atomic E-state index is 11.1. The topological polar surface area (TPSA) is 35.5 Å². The predicted molar refractivity (Wildman–Crippen MR) is 71.8 cm³/mol. The van der Waals surface area contributed by atoms with E-state index in [-0.39, 0.29) is 11.7 Å². The van der Waals surface area contributed by atoms with Crippen LogP contribution in [0.4, 0.5) is 0 Å². The number of benzene rings is 1. The third kappa shape index (κ3) is 3.18. The first-order chi connectivity index (χ1) is 8.70. The number of hydrogen-bond acceptors (Lipinski definition) is 3. The quantitative estimate of drug-likeness (QED) is 0.632. The Labute approximate surface area is 115 Å². The lowest BCUT2D eigenvalue weighted by molar-refractivity contribution is -0.112. The number of hydrogen-bond donors (Lipinski definition) is 0. The van der Waals surface area contributed by atoms with E-state index in [1.165, 1.54) is 6.08 Å². The minimum absolute atomic E-state index is 0.0430. The van der Waals surface area contributed by atoms with E-state index in [4.69, 9.17) is 32.7 Å². The number of ether oxygens (including phenoxy) is 2. The monoisotopic (exact) mass is 286 g/mol. The molecule has 1 aromatic carbocycles. The molecule has 0 fully saturated rings. The van der Waals surface area contributed by atoms with Gasteiger partial charge in [0.05, 0.1) is 24.1 Å². The second kappa shape index (κ2) is 6.12. The van der Waals surface area contributed by atoms with Gasteiger partial charge in [0.15, 0.2) is 17.3 Å². The van der Waals surface area contributed by atoms with Gasteiger partial charge in [0.25, 0.3) is 0 Å². The van der Waals surface area contributed by atoms with E-state index in [0.29, 0.717) is 35.3 Å². The highest BCUT2D eigenvalue weighted by atomic mass is 35.5. The van der Waals surface area contributed by atoms with E-state index >= 15 is 0 Å². The van der Waals surface area contributed by atoms with Gasteiger partial charge in [-0.3, -0.25) is 4.79 Å². The van der Waals surface area contributed by atoms with Crippen molar-refractivity contribution in [1.29, 1.82) is 0 Å². The molecule has 0 bridgehead atoms. The molecule has 96 valence electrons. The van der Waals surface area contributed by atoms with Crippen LogP contribution >= 0.6 is 23.2 Å². The third-order valence-electron chi connectivity index (χ3n) is 2.45. The number of allylic oxidation sites excluding steroid dienone is 1. The van der Waals surface area contributed by atoms with Crippen LogP contribution in [0.25, 0.3) is 6.08 Å². The molecular formula is C13H12Cl2O3. The number of alkyl halides is 1. The molecule has 0 N–H and O–H groups in total. The molecule has 18 heavy (non-hydrogen) atoms. The van der Waals surface area contributed by atoms with Crippen LogP contribution in [0.2, 0.25) is 5.02 Å². The standard InChI is InChI=1S/C13H12Cl2O3/c14-8-10(16)3-2-9-6-12-13(7-11(9)15)18-5-1-4-17-12/h2-3,6-7H,1,4-5,8H2. The molecule has 0 spiro atoms. The van der Waals surface area contributed by atoms with E-state index in [1.807, 2.05) is 0 Å². The maximum atomic E-state index is 11.1. The first-order valence-electron chi connectivity index (χ1n) is 5.56. The fourth-order valence-corrected chi connectivity index (χ4v) is 1.86. The van der Waals surface area contributed by atoms with E-state index in [2.05, 4.69) is 0 Å². The molecule has 5 heteroatoms. The summed E-state index contributed by atoms with van der Waals surface area (Å²) in [5.74, 6) is 1.08. The molecule has 0 atom stereocenters. The number of ketones is 1. The lowest BCUT2D eigenvalue weighted by atomic mass is 10.1. The van der Waals surface area contributed by atoms with Crippen molar-refractivity contribution in [3.8, 4) is 11.5 Å². The molecule has 0 unspecified atom stereocenters. The fourth-order valence-electron chi connectivity index (χ4n) is 1.55. The van der Waals surface area contributed by atoms with Crippen molar-refractivity contribution in [3.63, 3.8) is 0 Å². The molecule has 1 heterocycles. The molecule has 0 saturated heterocycles. The van der Waals surface area contributed by atoms with Crippen LogP contribution < -0.4 is 9.47 Å². The Hall–Kier alpha value is -1.19. The molecule has 0 aromatic heterocycles. The van der Waals surface area contributed by atoms with Crippen LogP contribution in [0, 0.1) is 0 Å². The third-order valence-corrected chi connectivity index (χ3v) is 3.04. The Morgan fingerprint density at radius 1 is 1.28 bits per heavy atom. The minimum Gasteiger partial charge on any atom is -0.490 e. The Kier molecular flexibility index (Phi) is 4.50. The van der Waals surface area contributed by atoms with Gasteiger partial charge < -0.3 is 9.47 Å². The van der Waals surface area contributed by atoms with Gasteiger partial charge in [-0.15, -0.1) is 11.6 Å². The zero-order chi connectivity index (χ0) is 13.0. The summed E-state index contributed by atoms with van der Waals surface area (Å²) in [6.07, 6.45) is 3.86. The van der Waals surface area contributed by atoms with Gasteiger partial charge in [-0.05, 0) is 23.8 Å². The highest BCUT2D eigenvalue weighted by Gasteiger charge is 2.13. The van der Waals surface area contributed by atoms with E-state index in [0.717, 1.165) is 6.42 Å². The van der Waals surface area contributed by atoms with Gasteiger partial charge in [0, 0.05) is 12.5 Å². The molecule has 1 aliphatic rings. The predicted octanol–water partition coefficient (Wildman–Crippen LogP) is 3.32. The van der Waals surface area contributed by atoms with E-state index in [1.54, 1.807) is 18.2 Å². The molecular weight excluding hydrogens is 275 g/mol. The maximum Gasteiger partial charge on any atom is 0.170 e. The molecule has 0 amide bonds. The lowest BCUT2D eigenvalue weighted by Gasteiger charge is -2.09. The van der Waals surface area contributed by atoms with Crippen molar-refractivity contribution in [2.45, 2.75) is 6.42 Å². The molecule has 1 aromatic rings. The Balaban J connectivity index is 2.29. The van der Waals surface area contributed by atoms with E-state index < -0.39 is 0 Å². The first kappa shape index (κ1) is 13.2. The average molecular weight is 287 g/mol. The van der Waals surface area contributed by atoms with Crippen LogP contribution in [-0.4, -0.2) is 24.9 Å². The summed E-state index contributed by atoms with van der Waals surface area (Å²) in [6.45, 7) is 1.22. The summed E-state index contributed by atoms with van der Waals surface area (Å²) in [5, 5.41) is 0.512. The van der Waals surface area contributed by atoms with E-state index in [9.17, 15) is 4.79 Å². The molecule has 3 nitrogen and oxygen atoms in total. The minimum atomic E-state index is -0.167. The number of halogens is 2. The lowest BCUT2D eigenvalue weighted by Crippen LogP contribution is -1.97. The zero-order valence-corrected chi connectivity index (χ0v) is 11.1. The average Bonchev–Trinajstić information content (AvgIpc) is 2.60. The normalized spacial score (nSPS) is 14.6. The van der Waals surface area contributed by atoms with Gasteiger partial charge in [-0.25, -0.2) is 0 Å². The Morgan fingerprint density at radius 3 is 2.61 bits per heavy atom. The van der Waals surface area contributed by atoms with Crippen LogP contribution in [0.15, 0.2) is 18.2 Å². The number of carbonyl (C=O) groups excluding carboxylic acids is 1. The van der Waals surface area contributed by atoms with Gasteiger partial charge >= 0.3 is 0 Å². The van der Waals surface area contributed by atoms with Crippen LogP contribution in [0.3, 0.4) is 0 Å². The second-order valence-electron chi connectivity index (χ2n) is 3.80. The molecule has 2 rings (SSSR count). The van der Waals surface area contributed by atoms with Crippen molar-refractivity contribution in [1.82, 2.24) is 0 Å². The second-order valence-corrected chi connectivity index (χ2v) is 4.48. The van der Waals surface area contributed by atoms with Gasteiger partial charge in [-0.1, -0.05) is 11.6 Å². The van der Waals surface area contributed by atoms with Crippen molar-refractivity contribution in [2.75, 3.05) is 19.1 Å². The molecule has 0 radical (unpaired) electrons. The number of rotatable bonds is 3. The summed E-state index contributed by atoms with van der Waals surface area (Å²) < 4.78 is 11.1. The molecule has 0 saturated carbocycles. The Bertz CT molecular complexity index is 483. The van der Waals surface area contributed by atoms with Gasteiger partial charge in [-0.2, -0.15) is 0 Å². The summed E-state index contributed by atoms with van der Waals surface area (Å²) in [6, 6.07) is 3.47. The highest BCUT2D eigenvalue weighted by molar-refractivity contribution is 6.32. The van der Waals surface area contributed by atoms with Crippen LogP contribution in [0.1, 0.15) is 12.0 Å².